The van der Waals surface area contributed by atoms with Gasteiger partial charge < -0.3 is 9.84 Å². The summed E-state index contributed by atoms with van der Waals surface area (Å²) >= 11 is 0. The molecular formula is C12H20O2. The van der Waals surface area contributed by atoms with E-state index in [1.165, 1.54) is 12.8 Å². The average Bonchev–Trinajstić information content (AvgIpc) is 2.00. The molecule has 2 rings (SSSR count). The molecule has 2 bridgehead atoms. The molecule has 2 fully saturated rings. The summed E-state index contributed by atoms with van der Waals surface area (Å²) in [6, 6.07) is 0. The molecule has 3 atom stereocenters. The van der Waals surface area contributed by atoms with Gasteiger partial charge in [0.15, 0.2) is 0 Å². The van der Waals surface area contributed by atoms with E-state index in [9.17, 15) is 5.11 Å². The quantitative estimate of drug-likeness (QED) is 0.688. The zero-order chi connectivity index (χ0) is 10.2. The summed E-state index contributed by atoms with van der Waals surface area (Å²) in [6.45, 7) is 5.58. The number of aliphatic hydroxyl groups is 1. The van der Waals surface area contributed by atoms with Crippen LogP contribution in [0.15, 0.2) is 12.8 Å². The minimum absolute atomic E-state index is 0.105. The molecule has 2 nitrogen and oxygen atoms in total. The molecular weight excluding hydrogens is 176 g/mol. The molecule has 0 aliphatic heterocycles. The standard InChI is InChI=1S/C12H20O2/c1-3-14-12-6-4-5-10(8-12)7-11(2,13)9-12/h3,10,13H,1,4-9H2,2H3. The van der Waals surface area contributed by atoms with Gasteiger partial charge in [-0.1, -0.05) is 13.0 Å². The fraction of sp³-hybridized carbons (Fsp3) is 0.833. The maximum absolute atomic E-state index is 10.2. The third-order valence-electron chi connectivity index (χ3n) is 3.67. The van der Waals surface area contributed by atoms with E-state index in [1.54, 1.807) is 6.26 Å². The van der Waals surface area contributed by atoms with Crippen molar-refractivity contribution in [1.29, 1.82) is 0 Å². The van der Waals surface area contributed by atoms with E-state index in [0.717, 1.165) is 25.7 Å². The predicted molar refractivity (Wildman–Crippen MR) is 55.8 cm³/mol. The fourth-order valence-electron chi connectivity index (χ4n) is 3.49. The first-order chi connectivity index (χ1) is 6.55. The minimum Gasteiger partial charge on any atom is -0.495 e. The Balaban J connectivity index is 2.17. The lowest BCUT2D eigenvalue weighted by atomic mass is 9.64. The molecule has 80 valence electrons. The summed E-state index contributed by atoms with van der Waals surface area (Å²) in [5.74, 6) is 0.646. The van der Waals surface area contributed by atoms with Crippen LogP contribution in [0.5, 0.6) is 0 Å². The Morgan fingerprint density at radius 1 is 1.50 bits per heavy atom. The molecule has 0 aromatic heterocycles. The van der Waals surface area contributed by atoms with Crippen molar-refractivity contribution >= 4 is 0 Å². The maximum Gasteiger partial charge on any atom is 0.111 e. The van der Waals surface area contributed by atoms with Crippen molar-refractivity contribution in [3.63, 3.8) is 0 Å². The van der Waals surface area contributed by atoms with E-state index < -0.39 is 5.60 Å². The molecule has 2 aliphatic carbocycles. The average molecular weight is 196 g/mol. The van der Waals surface area contributed by atoms with Gasteiger partial charge in [0, 0.05) is 6.42 Å². The molecule has 0 saturated heterocycles. The summed E-state index contributed by atoms with van der Waals surface area (Å²) in [4.78, 5) is 0. The second-order valence-corrected chi connectivity index (χ2v) is 5.31. The van der Waals surface area contributed by atoms with Gasteiger partial charge in [-0.25, -0.2) is 0 Å². The van der Waals surface area contributed by atoms with Crippen molar-refractivity contribution in [2.75, 3.05) is 0 Å². The van der Waals surface area contributed by atoms with E-state index in [2.05, 4.69) is 6.58 Å². The lowest BCUT2D eigenvalue weighted by molar-refractivity contribution is -0.135. The van der Waals surface area contributed by atoms with Gasteiger partial charge in [0.2, 0.25) is 0 Å². The van der Waals surface area contributed by atoms with Crippen LogP contribution < -0.4 is 0 Å². The normalized spacial score (nSPS) is 47.1. The first-order valence-electron chi connectivity index (χ1n) is 5.56. The smallest absolute Gasteiger partial charge is 0.111 e. The molecule has 0 spiro atoms. The lowest BCUT2D eigenvalue weighted by Gasteiger charge is -2.49. The van der Waals surface area contributed by atoms with Crippen LogP contribution in [0.3, 0.4) is 0 Å². The fourth-order valence-corrected chi connectivity index (χ4v) is 3.49. The van der Waals surface area contributed by atoms with Crippen molar-refractivity contribution in [3.05, 3.63) is 12.8 Å². The highest BCUT2D eigenvalue weighted by atomic mass is 16.5. The maximum atomic E-state index is 10.2. The van der Waals surface area contributed by atoms with Crippen molar-refractivity contribution < 1.29 is 9.84 Å². The third kappa shape index (κ3) is 1.81. The minimum atomic E-state index is -0.535. The Hall–Kier alpha value is -0.500. The van der Waals surface area contributed by atoms with Crippen molar-refractivity contribution in [2.45, 2.75) is 56.7 Å². The molecule has 0 amide bonds. The van der Waals surface area contributed by atoms with Crippen LogP contribution in [0.4, 0.5) is 0 Å². The molecule has 0 aromatic rings. The molecule has 1 N–H and O–H groups in total. The Labute approximate surface area is 86.0 Å². The lowest BCUT2D eigenvalue weighted by Crippen LogP contribution is -2.50. The molecule has 0 heterocycles. The molecule has 2 heteroatoms. The Morgan fingerprint density at radius 2 is 2.29 bits per heavy atom. The van der Waals surface area contributed by atoms with Crippen molar-refractivity contribution in [2.24, 2.45) is 5.92 Å². The van der Waals surface area contributed by atoms with Crippen LogP contribution in [0.25, 0.3) is 0 Å². The summed E-state index contributed by atoms with van der Waals surface area (Å²) in [6.07, 6.45) is 7.91. The van der Waals surface area contributed by atoms with Gasteiger partial charge in [-0.3, -0.25) is 0 Å². The topological polar surface area (TPSA) is 29.5 Å². The molecule has 14 heavy (non-hydrogen) atoms. The summed E-state index contributed by atoms with van der Waals surface area (Å²) < 4.78 is 5.68. The monoisotopic (exact) mass is 196 g/mol. The zero-order valence-electron chi connectivity index (χ0n) is 8.96. The first-order valence-corrected chi connectivity index (χ1v) is 5.56. The highest BCUT2D eigenvalue weighted by Crippen LogP contribution is 2.48. The second-order valence-electron chi connectivity index (χ2n) is 5.31. The highest BCUT2D eigenvalue weighted by Gasteiger charge is 2.48. The number of hydrogen-bond donors (Lipinski definition) is 1. The van der Waals surface area contributed by atoms with Gasteiger partial charge in [-0.15, -0.1) is 0 Å². The summed E-state index contributed by atoms with van der Waals surface area (Å²) in [5.41, 5.74) is -0.640. The number of ether oxygens (including phenoxy) is 1. The van der Waals surface area contributed by atoms with Crippen LogP contribution in [0.1, 0.15) is 45.4 Å². The van der Waals surface area contributed by atoms with Crippen LogP contribution in [0, 0.1) is 5.92 Å². The second kappa shape index (κ2) is 3.27. The van der Waals surface area contributed by atoms with Crippen LogP contribution in [-0.2, 0) is 4.74 Å². The first kappa shape index (κ1) is 10.0. The number of fused-ring (bicyclic) bond motifs is 2. The van der Waals surface area contributed by atoms with E-state index >= 15 is 0 Å². The predicted octanol–water partition coefficient (Wildman–Crippen LogP) is 2.62. The SMILES string of the molecule is C=COC12CCCC(CC(C)(O)C1)C2. The largest absolute Gasteiger partial charge is 0.495 e. The Bertz CT molecular complexity index is 234. The highest BCUT2D eigenvalue weighted by molar-refractivity contribution is 5.01. The number of hydrogen-bond acceptors (Lipinski definition) is 2. The number of rotatable bonds is 2. The van der Waals surface area contributed by atoms with Crippen LogP contribution >= 0.6 is 0 Å². The van der Waals surface area contributed by atoms with Crippen molar-refractivity contribution in [1.82, 2.24) is 0 Å². The Kier molecular flexibility index (Phi) is 2.34. The van der Waals surface area contributed by atoms with Gasteiger partial charge in [0.25, 0.3) is 0 Å². The molecule has 3 unspecified atom stereocenters. The summed E-state index contributed by atoms with van der Waals surface area (Å²) in [7, 11) is 0. The Morgan fingerprint density at radius 3 is 3.00 bits per heavy atom. The van der Waals surface area contributed by atoms with Gasteiger partial charge in [-0.05, 0) is 38.5 Å². The molecule has 0 aromatic carbocycles. The third-order valence-corrected chi connectivity index (χ3v) is 3.67. The van der Waals surface area contributed by atoms with E-state index in [-0.39, 0.29) is 5.60 Å². The van der Waals surface area contributed by atoms with E-state index in [1.807, 2.05) is 6.92 Å². The van der Waals surface area contributed by atoms with Crippen LogP contribution in [0.2, 0.25) is 0 Å². The molecule has 2 aliphatic rings. The van der Waals surface area contributed by atoms with E-state index in [4.69, 9.17) is 4.74 Å². The molecule has 2 saturated carbocycles. The van der Waals surface area contributed by atoms with Gasteiger partial charge in [0.05, 0.1) is 11.9 Å². The van der Waals surface area contributed by atoms with Gasteiger partial charge in [0.1, 0.15) is 5.60 Å². The van der Waals surface area contributed by atoms with Crippen LogP contribution in [-0.4, -0.2) is 16.3 Å². The van der Waals surface area contributed by atoms with E-state index in [0.29, 0.717) is 5.92 Å². The molecule has 0 radical (unpaired) electrons. The van der Waals surface area contributed by atoms with Gasteiger partial charge >= 0.3 is 0 Å². The summed E-state index contributed by atoms with van der Waals surface area (Å²) in [5, 5.41) is 10.2. The zero-order valence-corrected chi connectivity index (χ0v) is 8.96. The van der Waals surface area contributed by atoms with Crippen molar-refractivity contribution in [3.8, 4) is 0 Å². The van der Waals surface area contributed by atoms with Gasteiger partial charge in [-0.2, -0.15) is 0 Å².